The molecule has 0 amide bonds. The third-order valence-electron chi connectivity index (χ3n) is 2.98. The number of guanidine groups is 1. The third kappa shape index (κ3) is 7.55. The lowest BCUT2D eigenvalue weighted by Crippen LogP contribution is -2.41. The van der Waals surface area contributed by atoms with Gasteiger partial charge < -0.3 is 15.4 Å². The van der Waals surface area contributed by atoms with Crippen LogP contribution in [-0.2, 0) is 16.6 Å². The Kier molecular flexibility index (Phi) is 8.41. The van der Waals surface area contributed by atoms with E-state index in [0.717, 1.165) is 0 Å². The number of nitrogens with zero attached hydrogens (tertiary/aromatic N) is 1. The van der Waals surface area contributed by atoms with E-state index in [0.29, 0.717) is 18.1 Å². The van der Waals surface area contributed by atoms with Gasteiger partial charge in [0.05, 0.1) is 5.75 Å². The van der Waals surface area contributed by atoms with Gasteiger partial charge in [0.25, 0.3) is 0 Å². The highest BCUT2D eigenvalue weighted by Gasteiger charge is 2.09. The molecule has 136 valence electrons. The number of hydrogen-bond donors (Lipinski definition) is 3. The van der Waals surface area contributed by atoms with Crippen molar-refractivity contribution in [3.8, 4) is 5.75 Å². The van der Waals surface area contributed by atoms with E-state index in [4.69, 9.17) is 0 Å². The Bertz CT molecular complexity index is 639. The van der Waals surface area contributed by atoms with Crippen LogP contribution in [0.25, 0.3) is 0 Å². The maximum atomic E-state index is 12.4. The first-order valence-corrected chi connectivity index (χ1v) is 8.97. The number of nitrogens with one attached hydrogen (secondary N) is 3. The van der Waals surface area contributed by atoms with Gasteiger partial charge in [0.15, 0.2) is 5.96 Å². The number of sulfonamides is 1. The minimum Gasteiger partial charge on any atom is -0.434 e. The molecule has 0 bridgehead atoms. The van der Waals surface area contributed by atoms with E-state index >= 15 is 0 Å². The second-order valence-electron chi connectivity index (χ2n) is 4.64. The lowest BCUT2D eigenvalue weighted by molar-refractivity contribution is -0.0504. The molecule has 0 aliphatic heterocycles. The Labute approximate surface area is 140 Å². The van der Waals surface area contributed by atoms with Gasteiger partial charge >= 0.3 is 6.61 Å². The van der Waals surface area contributed by atoms with E-state index in [1.54, 1.807) is 32.2 Å². The molecule has 0 unspecified atom stereocenters. The Morgan fingerprint density at radius 1 is 1.25 bits per heavy atom. The van der Waals surface area contributed by atoms with Gasteiger partial charge in [0.2, 0.25) is 10.0 Å². The monoisotopic (exact) mass is 364 g/mol. The molecule has 0 aromatic heterocycles. The van der Waals surface area contributed by atoms with Gasteiger partial charge in [-0.25, -0.2) is 13.1 Å². The van der Waals surface area contributed by atoms with E-state index in [1.807, 2.05) is 0 Å². The summed E-state index contributed by atoms with van der Waals surface area (Å²) in [5.74, 6) is 0.518. The van der Waals surface area contributed by atoms with Crippen molar-refractivity contribution >= 4 is 16.0 Å². The molecule has 1 aromatic carbocycles. The minimum absolute atomic E-state index is 0.0148. The first-order valence-electron chi connectivity index (χ1n) is 7.32. The van der Waals surface area contributed by atoms with Crippen molar-refractivity contribution in [3.05, 3.63) is 29.8 Å². The van der Waals surface area contributed by atoms with E-state index in [-0.39, 0.29) is 24.6 Å². The molecule has 0 aliphatic carbocycles. The van der Waals surface area contributed by atoms with Crippen molar-refractivity contribution in [1.29, 1.82) is 0 Å². The molecule has 1 aromatic rings. The fourth-order valence-electron chi connectivity index (χ4n) is 1.75. The zero-order valence-corrected chi connectivity index (χ0v) is 14.4. The summed E-state index contributed by atoms with van der Waals surface area (Å²) in [6.45, 7) is -0.579. The maximum absolute atomic E-state index is 12.4. The van der Waals surface area contributed by atoms with Crippen LogP contribution in [0, 0.1) is 0 Å². The molecule has 0 heterocycles. The molecule has 0 saturated heterocycles. The number of rotatable bonds is 9. The Morgan fingerprint density at radius 3 is 2.58 bits per heavy atom. The highest BCUT2D eigenvalue weighted by molar-refractivity contribution is 7.89. The third-order valence-corrected chi connectivity index (χ3v) is 4.38. The molecule has 0 spiro atoms. The second kappa shape index (κ2) is 10.0. The first-order chi connectivity index (χ1) is 11.4. The quantitative estimate of drug-likeness (QED) is 0.344. The summed E-state index contributed by atoms with van der Waals surface area (Å²) in [4.78, 5) is 3.98. The van der Waals surface area contributed by atoms with Crippen molar-refractivity contribution in [2.45, 2.75) is 20.1 Å². The van der Waals surface area contributed by atoms with Crippen LogP contribution in [0.3, 0.4) is 0 Å². The fourth-order valence-corrected chi connectivity index (χ4v) is 2.37. The van der Waals surface area contributed by atoms with E-state index in [1.165, 1.54) is 6.07 Å². The van der Waals surface area contributed by atoms with Gasteiger partial charge in [-0.3, -0.25) is 4.99 Å². The topological polar surface area (TPSA) is 91.8 Å². The van der Waals surface area contributed by atoms with Crippen LogP contribution in [0.5, 0.6) is 5.75 Å². The summed E-state index contributed by atoms with van der Waals surface area (Å²) in [5, 5.41) is 5.87. The normalized spacial score (nSPS) is 12.3. The molecule has 10 heteroatoms. The number of aliphatic imine (C=N–C) groups is 1. The van der Waals surface area contributed by atoms with E-state index in [2.05, 4.69) is 25.1 Å². The molecule has 0 aliphatic rings. The van der Waals surface area contributed by atoms with Crippen LogP contribution in [0.15, 0.2) is 29.3 Å². The fraction of sp³-hybridized carbons (Fsp3) is 0.500. The predicted molar refractivity (Wildman–Crippen MR) is 88.7 cm³/mol. The zero-order chi connectivity index (χ0) is 18.0. The molecule has 1 rings (SSSR count). The van der Waals surface area contributed by atoms with E-state index in [9.17, 15) is 17.2 Å². The number of benzene rings is 1. The predicted octanol–water partition coefficient (Wildman–Crippen LogP) is 0.892. The van der Waals surface area contributed by atoms with Crippen molar-refractivity contribution in [2.24, 2.45) is 4.99 Å². The van der Waals surface area contributed by atoms with Crippen LogP contribution in [-0.4, -0.2) is 46.9 Å². The number of ether oxygens (including phenoxy) is 1. The molecule has 0 radical (unpaired) electrons. The Balaban J connectivity index is 2.47. The van der Waals surface area contributed by atoms with Crippen LogP contribution < -0.4 is 20.1 Å². The SMILES string of the molecule is CCS(=O)(=O)NCCNC(=NC)NCc1ccccc1OC(F)F. The molecule has 24 heavy (non-hydrogen) atoms. The second-order valence-corrected chi connectivity index (χ2v) is 6.73. The zero-order valence-electron chi connectivity index (χ0n) is 13.6. The van der Waals surface area contributed by atoms with Gasteiger partial charge in [-0.1, -0.05) is 18.2 Å². The first kappa shape index (κ1) is 20.1. The smallest absolute Gasteiger partial charge is 0.387 e. The minimum atomic E-state index is -3.23. The molecule has 3 N–H and O–H groups in total. The highest BCUT2D eigenvalue weighted by Crippen LogP contribution is 2.19. The molecule has 0 saturated carbocycles. The highest BCUT2D eigenvalue weighted by atomic mass is 32.2. The summed E-state index contributed by atoms with van der Waals surface area (Å²) >= 11 is 0. The Hall–Kier alpha value is -1.94. The molecule has 0 atom stereocenters. The number of alkyl halides is 2. The van der Waals surface area contributed by atoms with Crippen LogP contribution in [0.1, 0.15) is 12.5 Å². The van der Waals surface area contributed by atoms with Crippen molar-refractivity contribution < 1.29 is 21.9 Å². The van der Waals surface area contributed by atoms with Crippen LogP contribution in [0.4, 0.5) is 8.78 Å². The summed E-state index contributed by atoms with van der Waals surface area (Å²) in [6.07, 6.45) is 0. The summed E-state index contributed by atoms with van der Waals surface area (Å²) in [5.41, 5.74) is 0.549. The van der Waals surface area contributed by atoms with Gasteiger partial charge in [-0.05, 0) is 13.0 Å². The number of halogens is 2. The molecule has 0 fully saturated rings. The van der Waals surface area contributed by atoms with Crippen molar-refractivity contribution in [1.82, 2.24) is 15.4 Å². The molecular weight excluding hydrogens is 342 g/mol. The van der Waals surface area contributed by atoms with Gasteiger partial charge in [-0.2, -0.15) is 8.78 Å². The largest absolute Gasteiger partial charge is 0.434 e. The summed E-state index contributed by atoms with van der Waals surface area (Å²) < 4.78 is 54.2. The Morgan fingerprint density at radius 2 is 1.96 bits per heavy atom. The number of para-hydroxylation sites is 1. The van der Waals surface area contributed by atoms with Crippen LogP contribution in [0.2, 0.25) is 0 Å². The van der Waals surface area contributed by atoms with Crippen molar-refractivity contribution in [3.63, 3.8) is 0 Å². The number of hydrogen-bond acceptors (Lipinski definition) is 4. The maximum Gasteiger partial charge on any atom is 0.387 e. The van der Waals surface area contributed by atoms with Gasteiger partial charge in [0, 0.05) is 32.2 Å². The molecule has 7 nitrogen and oxygen atoms in total. The standard InChI is InChI=1S/C14H22F2N4O3S/c1-3-24(21,22)20-9-8-18-14(17-2)19-10-11-6-4-5-7-12(11)23-13(15)16/h4-7,13,20H,3,8-10H2,1-2H3,(H2,17,18,19). The summed E-state index contributed by atoms with van der Waals surface area (Å²) in [6, 6.07) is 6.44. The summed E-state index contributed by atoms with van der Waals surface area (Å²) in [7, 11) is -1.69. The lowest BCUT2D eigenvalue weighted by atomic mass is 10.2. The lowest BCUT2D eigenvalue weighted by Gasteiger charge is -2.14. The average Bonchev–Trinajstić information content (AvgIpc) is 2.55. The van der Waals surface area contributed by atoms with E-state index < -0.39 is 16.6 Å². The molecular formula is C14H22F2N4O3S. The van der Waals surface area contributed by atoms with Gasteiger partial charge in [0.1, 0.15) is 5.75 Å². The average molecular weight is 364 g/mol. The van der Waals surface area contributed by atoms with Gasteiger partial charge in [-0.15, -0.1) is 0 Å². The van der Waals surface area contributed by atoms with Crippen molar-refractivity contribution in [2.75, 3.05) is 25.9 Å². The van der Waals surface area contributed by atoms with Crippen LogP contribution >= 0.6 is 0 Å².